The summed E-state index contributed by atoms with van der Waals surface area (Å²) < 4.78 is 0. The van der Waals surface area contributed by atoms with Gasteiger partial charge in [-0.2, -0.15) is 0 Å². The van der Waals surface area contributed by atoms with Gasteiger partial charge in [-0.3, -0.25) is 4.79 Å². The van der Waals surface area contributed by atoms with Crippen LogP contribution >= 0.6 is 0 Å². The van der Waals surface area contributed by atoms with Crippen LogP contribution in [0.3, 0.4) is 0 Å². The highest BCUT2D eigenvalue weighted by atomic mass is 16.4. The lowest BCUT2D eigenvalue weighted by molar-refractivity contribution is -0.139. The Labute approximate surface area is 145 Å². The fraction of sp³-hybridized carbons (Fsp3) is 0.150. The second kappa shape index (κ2) is 7.13. The molecule has 5 nitrogen and oxygen atoms in total. The third kappa shape index (κ3) is 3.83. The lowest BCUT2D eigenvalue weighted by Crippen LogP contribution is -2.42. The molecule has 3 rings (SSSR count). The number of carboxylic acids is 1. The molecule has 1 amide bonds. The minimum absolute atomic E-state index is 0.203. The topological polar surface area (TPSA) is 79.3 Å². The molecule has 126 valence electrons. The molecule has 1 heterocycles. The average Bonchev–Trinajstić information content (AvgIpc) is 2.62. The molecule has 25 heavy (non-hydrogen) atoms. The molecule has 0 aliphatic heterocycles. The van der Waals surface area contributed by atoms with E-state index in [9.17, 15) is 14.7 Å². The first kappa shape index (κ1) is 16.6. The van der Waals surface area contributed by atoms with Crippen molar-refractivity contribution < 1.29 is 14.7 Å². The smallest absolute Gasteiger partial charge is 0.326 e. The van der Waals surface area contributed by atoms with E-state index in [4.69, 9.17) is 0 Å². The number of rotatable bonds is 5. The van der Waals surface area contributed by atoms with E-state index in [1.165, 1.54) is 0 Å². The fourth-order valence-electron chi connectivity index (χ4n) is 2.68. The summed E-state index contributed by atoms with van der Waals surface area (Å²) in [6.45, 7) is 1.92. The maximum absolute atomic E-state index is 12.4. The maximum Gasteiger partial charge on any atom is 0.326 e. The van der Waals surface area contributed by atoms with E-state index in [1.807, 2.05) is 55.5 Å². The number of carbonyl (C=O) groups excluding carboxylic acids is 1. The van der Waals surface area contributed by atoms with Crippen molar-refractivity contribution in [3.63, 3.8) is 0 Å². The largest absolute Gasteiger partial charge is 0.480 e. The number of aryl methyl sites for hydroxylation is 1. The van der Waals surface area contributed by atoms with Crippen molar-refractivity contribution in [2.75, 3.05) is 0 Å². The monoisotopic (exact) mass is 334 g/mol. The van der Waals surface area contributed by atoms with Crippen LogP contribution < -0.4 is 5.32 Å². The van der Waals surface area contributed by atoms with E-state index in [0.29, 0.717) is 5.52 Å². The van der Waals surface area contributed by atoms with Crippen molar-refractivity contribution in [2.24, 2.45) is 0 Å². The minimum atomic E-state index is -1.07. The van der Waals surface area contributed by atoms with Crippen LogP contribution in [-0.2, 0) is 11.2 Å². The normalized spacial score (nSPS) is 11.9. The number of hydrogen-bond acceptors (Lipinski definition) is 3. The third-order valence-corrected chi connectivity index (χ3v) is 4.12. The number of carbonyl (C=O) groups is 2. The molecule has 0 saturated carbocycles. The zero-order valence-electron chi connectivity index (χ0n) is 13.8. The summed E-state index contributed by atoms with van der Waals surface area (Å²) >= 11 is 0. The van der Waals surface area contributed by atoms with Crippen molar-refractivity contribution in [1.82, 2.24) is 10.3 Å². The van der Waals surface area contributed by atoms with Crippen LogP contribution in [0.2, 0.25) is 0 Å². The second-order valence-electron chi connectivity index (χ2n) is 5.88. The minimum Gasteiger partial charge on any atom is -0.480 e. The van der Waals surface area contributed by atoms with Gasteiger partial charge in [0.05, 0.1) is 5.52 Å². The Hall–Kier alpha value is -3.21. The zero-order valence-corrected chi connectivity index (χ0v) is 13.8. The number of aromatic nitrogens is 1. The number of carboxylic acid groups (broad SMARTS) is 1. The summed E-state index contributed by atoms with van der Waals surface area (Å²) in [5.41, 5.74) is 2.78. The van der Waals surface area contributed by atoms with Crippen LogP contribution in [-0.4, -0.2) is 28.0 Å². The van der Waals surface area contributed by atoms with Crippen LogP contribution in [0.15, 0.2) is 60.7 Å². The van der Waals surface area contributed by atoms with Gasteiger partial charge in [-0.15, -0.1) is 0 Å². The summed E-state index contributed by atoms with van der Waals surface area (Å²) in [4.78, 5) is 28.3. The summed E-state index contributed by atoms with van der Waals surface area (Å²) in [5, 5.41) is 13.0. The lowest BCUT2D eigenvalue weighted by atomic mass is 10.0. The fourth-order valence-corrected chi connectivity index (χ4v) is 2.68. The first-order valence-corrected chi connectivity index (χ1v) is 7.98. The van der Waals surface area contributed by atoms with Crippen LogP contribution in [0.25, 0.3) is 10.9 Å². The number of fused-ring (bicyclic) bond motifs is 1. The number of amides is 1. The quantitative estimate of drug-likeness (QED) is 0.752. The summed E-state index contributed by atoms with van der Waals surface area (Å²) in [7, 11) is 0. The number of hydrogen-bond donors (Lipinski definition) is 2. The molecule has 0 bridgehead atoms. The van der Waals surface area contributed by atoms with Crippen molar-refractivity contribution >= 4 is 22.8 Å². The second-order valence-corrected chi connectivity index (χ2v) is 5.88. The van der Waals surface area contributed by atoms with Crippen LogP contribution in [0.5, 0.6) is 0 Å². The van der Waals surface area contributed by atoms with Crippen LogP contribution in [0.1, 0.15) is 21.6 Å². The van der Waals surface area contributed by atoms with E-state index >= 15 is 0 Å². The molecule has 0 aliphatic rings. The van der Waals surface area contributed by atoms with Crippen molar-refractivity contribution in [1.29, 1.82) is 0 Å². The third-order valence-electron chi connectivity index (χ3n) is 4.12. The summed E-state index contributed by atoms with van der Waals surface area (Å²) in [6.07, 6.45) is 0.224. The molecule has 0 radical (unpaired) electrons. The first-order chi connectivity index (χ1) is 12.0. The molecule has 0 spiro atoms. The SMILES string of the molecule is Cc1ccccc1C[C@H](NC(=O)c1ccc2ccccc2n1)C(=O)O. The van der Waals surface area contributed by atoms with Gasteiger partial charge in [0.2, 0.25) is 0 Å². The summed E-state index contributed by atoms with van der Waals surface area (Å²) in [6, 6.07) is 17.4. The highest BCUT2D eigenvalue weighted by Crippen LogP contribution is 2.13. The number of benzene rings is 2. The van der Waals surface area contributed by atoms with Gasteiger partial charge >= 0.3 is 5.97 Å². The number of nitrogens with zero attached hydrogens (tertiary/aromatic N) is 1. The van der Waals surface area contributed by atoms with Gasteiger partial charge in [-0.25, -0.2) is 9.78 Å². The molecule has 0 saturated heterocycles. The molecular weight excluding hydrogens is 316 g/mol. The zero-order chi connectivity index (χ0) is 17.8. The Balaban J connectivity index is 1.80. The standard InChI is InChI=1S/C20H18N2O3/c1-13-6-2-3-8-15(13)12-18(20(24)25)22-19(23)17-11-10-14-7-4-5-9-16(14)21-17/h2-11,18H,12H2,1H3,(H,22,23)(H,24,25)/t18-/m0/s1. The Kier molecular flexibility index (Phi) is 4.75. The predicted octanol–water partition coefficient (Wildman–Crippen LogP) is 2.97. The van der Waals surface area contributed by atoms with Crippen LogP contribution in [0, 0.1) is 6.92 Å². The maximum atomic E-state index is 12.4. The summed E-state index contributed by atoms with van der Waals surface area (Å²) in [5.74, 6) is -1.57. The highest BCUT2D eigenvalue weighted by molar-refractivity contribution is 5.97. The van der Waals surface area contributed by atoms with E-state index < -0.39 is 17.9 Å². The Morgan fingerprint density at radius 3 is 2.52 bits per heavy atom. The van der Waals surface area contributed by atoms with Gasteiger partial charge in [-0.1, -0.05) is 48.5 Å². The van der Waals surface area contributed by atoms with E-state index in [2.05, 4.69) is 10.3 Å². The molecule has 1 atom stereocenters. The molecule has 3 aromatic rings. The number of pyridine rings is 1. The predicted molar refractivity (Wildman–Crippen MR) is 95.5 cm³/mol. The molecule has 0 fully saturated rings. The number of nitrogens with one attached hydrogen (secondary N) is 1. The molecule has 2 N–H and O–H groups in total. The first-order valence-electron chi connectivity index (χ1n) is 7.98. The average molecular weight is 334 g/mol. The Bertz CT molecular complexity index is 937. The van der Waals surface area contributed by atoms with Crippen molar-refractivity contribution in [3.05, 3.63) is 77.5 Å². The molecule has 0 unspecified atom stereocenters. The van der Waals surface area contributed by atoms with Gasteiger partial charge in [0, 0.05) is 11.8 Å². The molecule has 5 heteroatoms. The number of para-hydroxylation sites is 1. The molecule has 1 aromatic heterocycles. The Morgan fingerprint density at radius 2 is 1.76 bits per heavy atom. The van der Waals surface area contributed by atoms with E-state index in [-0.39, 0.29) is 12.1 Å². The van der Waals surface area contributed by atoms with Gasteiger partial charge in [0.15, 0.2) is 0 Å². The molecular formula is C20H18N2O3. The van der Waals surface area contributed by atoms with Crippen molar-refractivity contribution in [3.8, 4) is 0 Å². The Morgan fingerprint density at radius 1 is 1.04 bits per heavy atom. The number of aliphatic carboxylic acids is 1. The van der Waals surface area contributed by atoms with E-state index in [1.54, 1.807) is 12.1 Å². The van der Waals surface area contributed by atoms with E-state index in [0.717, 1.165) is 16.5 Å². The highest BCUT2D eigenvalue weighted by Gasteiger charge is 2.22. The van der Waals surface area contributed by atoms with Crippen LogP contribution in [0.4, 0.5) is 0 Å². The van der Waals surface area contributed by atoms with Gasteiger partial charge < -0.3 is 10.4 Å². The van der Waals surface area contributed by atoms with Gasteiger partial charge in [0.25, 0.3) is 5.91 Å². The van der Waals surface area contributed by atoms with Gasteiger partial charge in [-0.05, 0) is 30.2 Å². The molecule has 0 aliphatic carbocycles. The van der Waals surface area contributed by atoms with Gasteiger partial charge in [0.1, 0.15) is 11.7 Å². The van der Waals surface area contributed by atoms with Crippen molar-refractivity contribution in [2.45, 2.75) is 19.4 Å². The molecule has 2 aromatic carbocycles. The lowest BCUT2D eigenvalue weighted by Gasteiger charge is -2.16.